The lowest BCUT2D eigenvalue weighted by Gasteiger charge is -1.94. The second-order valence-corrected chi connectivity index (χ2v) is 4.84. The predicted octanol–water partition coefficient (Wildman–Crippen LogP) is 3.57. The van der Waals surface area contributed by atoms with E-state index in [2.05, 4.69) is 6.92 Å². The van der Waals surface area contributed by atoms with Crippen molar-refractivity contribution in [2.75, 3.05) is 6.61 Å². The molecule has 0 saturated carbocycles. The maximum Gasteiger partial charge on any atom is 0.548 e. The van der Waals surface area contributed by atoms with Gasteiger partial charge in [-0.1, -0.05) is 38.0 Å². The molecule has 1 atom stereocenters. The lowest BCUT2D eigenvalue weighted by Crippen LogP contribution is -2.03. The Hall–Kier alpha value is -0.720. The fraction of sp³-hybridized carbons (Fsp3) is 0.500. The van der Waals surface area contributed by atoms with Crippen LogP contribution >= 0.6 is 8.03 Å². The highest BCUT2D eigenvalue weighted by molar-refractivity contribution is 7.48. The molecule has 2 nitrogen and oxygen atoms in total. The first-order valence-corrected chi connectivity index (χ1v) is 6.59. The quantitative estimate of drug-likeness (QED) is 0.546. The maximum absolute atomic E-state index is 11.8. The van der Waals surface area contributed by atoms with Crippen molar-refractivity contribution in [2.45, 2.75) is 33.1 Å². The second kappa shape index (κ2) is 6.71. The van der Waals surface area contributed by atoms with Crippen molar-refractivity contribution in [3.05, 3.63) is 29.8 Å². The molecule has 0 amide bonds. The predicted molar refractivity (Wildman–Crippen MR) is 63.9 cm³/mol. The van der Waals surface area contributed by atoms with Crippen molar-refractivity contribution < 1.29 is 9.09 Å². The van der Waals surface area contributed by atoms with Gasteiger partial charge in [0.25, 0.3) is 0 Å². The molecule has 0 aliphatic rings. The molecule has 0 bridgehead atoms. The van der Waals surface area contributed by atoms with Crippen molar-refractivity contribution >= 4 is 13.3 Å². The Balaban J connectivity index is 2.44. The summed E-state index contributed by atoms with van der Waals surface area (Å²) in [5.41, 5.74) is 1.04. The fourth-order valence-electron chi connectivity index (χ4n) is 1.34. The third-order valence-electron chi connectivity index (χ3n) is 2.27. The molecule has 0 aromatic heterocycles. The van der Waals surface area contributed by atoms with Gasteiger partial charge < -0.3 is 0 Å². The van der Waals surface area contributed by atoms with Crippen LogP contribution in [0, 0.1) is 6.92 Å². The van der Waals surface area contributed by atoms with E-state index in [1.165, 1.54) is 0 Å². The van der Waals surface area contributed by atoms with E-state index in [0.717, 1.165) is 30.1 Å². The van der Waals surface area contributed by atoms with Crippen molar-refractivity contribution in [1.82, 2.24) is 0 Å². The number of hydrogen-bond acceptors (Lipinski definition) is 2. The zero-order chi connectivity index (χ0) is 11.1. The van der Waals surface area contributed by atoms with Crippen molar-refractivity contribution in [3.8, 4) is 0 Å². The van der Waals surface area contributed by atoms with Crippen LogP contribution in [0.15, 0.2) is 24.3 Å². The van der Waals surface area contributed by atoms with Gasteiger partial charge in [0.1, 0.15) is 6.61 Å². The number of unbranched alkanes of at least 4 members (excludes halogenated alkanes) is 2. The molecule has 0 heterocycles. The average Bonchev–Trinajstić information content (AvgIpc) is 2.25. The standard InChI is InChI=1S/C12H18O2P/c1-3-4-7-10-14-15(13)12-9-6-5-8-11(12)2/h5-6,8-9H,3-4,7,10H2,1-2H3/q+1. The number of hydrogen-bond donors (Lipinski definition) is 0. The third-order valence-corrected chi connectivity index (χ3v) is 3.58. The molecule has 3 heteroatoms. The summed E-state index contributed by atoms with van der Waals surface area (Å²) in [4.78, 5) is 0. The largest absolute Gasteiger partial charge is 0.548 e. The highest BCUT2D eigenvalue weighted by atomic mass is 31.1. The van der Waals surface area contributed by atoms with Gasteiger partial charge in [-0.3, -0.25) is 0 Å². The van der Waals surface area contributed by atoms with Gasteiger partial charge in [-0.2, -0.15) is 0 Å². The normalized spacial score (nSPS) is 11.5. The summed E-state index contributed by atoms with van der Waals surface area (Å²) in [6.07, 6.45) is 3.28. The SMILES string of the molecule is CCCCCO[P+](=O)c1ccccc1C. The first-order chi connectivity index (χ1) is 7.25. The van der Waals surface area contributed by atoms with Crippen LogP contribution in [-0.4, -0.2) is 6.61 Å². The molecule has 1 unspecified atom stereocenters. The Morgan fingerprint density at radius 3 is 2.67 bits per heavy atom. The minimum atomic E-state index is -1.66. The topological polar surface area (TPSA) is 26.3 Å². The molecule has 0 spiro atoms. The van der Waals surface area contributed by atoms with Crippen LogP contribution < -0.4 is 5.30 Å². The molecule has 1 aromatic carbocycles. The summed E-state index contributed by atoms with van der Waals surface area (Å²) in [5.74, 6) is 0. The van der Waals surface area contributed by atoms with Gasteiger partial charge in [0.15, 0.2) is 0 Å². The summed E-state index contributed by atoms with van der Waals surface area (Å²) >= 11 is 0. The van der Waals surface area contributed by atoms with Crippen molar-refractivity contribution in [3.63, 3.8) is 0 Å². The highest BCUT2D eigenvalue weighted by Crippen LogP contribution is 2.23. The molecule has 0 N–H and O–H groups in total. The lowest BCUT2D eigenvalue weighted by molar-refractivity contribution is 0.323. The van der Waals surface area contributed by atoms with Crippen molar-refractivity contribution in [2.24, 2.45) is 0 Å². The van der Waals surface area contributed by atoms with E-state index < -0.39 is 8.03 Å². The highest BCUT2D eigenvalue weighted by Gasteiger charge is 2.23. The summed E-state index contributed by atoms with van der Waals surface area (Å²) in [7, 11) is -1.66. The van der Waals surface area contributed by atoms with E-state index in [1.807, 2.05) is 31.2 Å². The Labute approximate surface area is 92.5 Å². The van der Waals surface area contributed by atoms with Crippen LogP contribution in [0.4, 0.5) is 0 Å². The number of rotatable bonds is 6. The van der Waals surface area contributed by atoms with Gasteiger partial charge in [0.2, 0.25) is 5.30 Å². The van der Waals surface area contributed by atoms with Crippen LogP contribution in [0.3, 0.4) is 0 Å². The van der Waals surface area contributed by atoms with E-state index in [1.54, 1.807) is 0 Å². The smallest absolute Gasteiger partial charge is 0.142 e. The molecule has 1 aromatic rings. The first-order valence-electron chi connectivity index (χ1n) is 5.41. The summed E-state index contributed by atoms with van der Waals surface area (Å²) in [6.45, 7) is 4.69. The van der Waals surface area contributed by atoms with Crippen molar-refractivity contribution in [1.29, 1.82) is 0 Å². The monoisotopic (exact) mass is 225 g/mol. The lowest BCUT2D eigenvalue weighted by atomic mass is 10.2. The number of benzene rings is 1. The first kappa shape index (κ1) is 12.4. The average molecular weight is 225 g/mol. The Morgan fingerprint density at radius 2 is 2.00 bits per heavy atom. The summed E-state index contributed by atoms with van der Waals surface area (Å²) < 4.78 is 17.1. The van der Waals surface area contributed by atoms with Gasteiger partial charge in [0, 0.05) is 5.56 Å². The zero-order valence-electron chi connectivity index (χ0n) is 9.40. The van der Waals surface area contributed by atoms with Gasteiger partial charge >= 0.3 is 8.03 Å². The third kappa shape index (κ3) is 4.11. The Kier molecular flexibility index (Phi) is 5.52. The van der Waals surface area contributed by atoms with Gasteiger partial charge in [-0.25, -0.2) is 0 Å². The zero-order valence-corrected chi connectivity index (χ0v) is 10.3. The fourth-order valence-corrected chi connectivity index (χ4v) is 2.34. The Bertz CT molecular complexity index is 323. The van der Waals surface area contributed by atoms with Crippen LogP contribution in [0.25, 0.3) is 0 Å². The molecular formula is C12H18O2P+. The Morgan fingerprint density at radius 1 is 1.27 bits per heavy atom. The molecule has 0 aliphatic carbocycles. The molecule has 0 fully saturated rings. The van der Waals surface area contributed by atoms with E-state index in [4.69, 9.17) is 4.52 Å². The maximum atomic E-state index is 11.8. The van der Waals surface area contributed by atoms with E-state index in [9.17, 15) is 4.57 Å². The molecule has 15 heavy (non-hydrogen) atoms. The number of aryl methyl sites for hydroxylation is 1. The van der Waals surface area contributed by atoms with Gasteiger partial charge in [-0.05, 0) is 24.0 Å². The molecular weight excluding hydrogens is 207 g/mol. The molecule has 1 rings (SSSR count). The minimum absolute atomic E-state index is 0.595. The van der Waals surface area contributed by atoms with Crippen LogP contribution in [0.5, 0.6) is 0 Å². The summed E-state index contributed by atoms with van der Waals surface area (Å²) in [5, 5.41) is 0.823. The van der Waals surface area contributed by atoms with Crippen LogP contribution in [-0.2, 0) is 9.09 Å². The molecule has 0 aliphatic heterocycles. The van der Waals surface area contributed by atoms with E-state index >= 15 is 0 Å². The molecule has 0 saturated heterocycles. The molecule has 0 radical (unpaired) electrons. The van der Waals surface area contributed by atoms with Gasteiger partial charge in [0.05, 0.1) is 0 Å². The van der Waals surface area contributed by atoms with Crippen LogP contribution in [0.2, 0.25) is 0 Å². The van der Waals surface area contributed by atoms with Gasteiger partial charge in [-0.15, -0.1) is 4.52 Å². The minimum Gasteiger partial charge on any atom is -0.142 e. The van der Waals surface area contributed by atoms with E-state index in [-0.39, 0.29) is 0 Å². The second-order valence-electron chi connectivity index (χ2n) is 3.58. The van der Waals surface area contributed by atoms with Crippen LogP contribution in [0.1, 0.15) is 31.7 Å². The molecule has 82 valence electrons. The summed E-state index contributed by atoms with van der Waals surface area (Å²) in [6, 6.07) is 7.66. The van der Waals surface area contributed by atoms with E-state index in [0.29, 0.717) is 6.61 Å².